The van der Waals surface area contributed by atoms with Crippen LogP contribution in [0.2, 0.25) is 5.02 Å². The van der Waals surface area contributed by atoms with Gasteiger partial charge in [-0.15, -0.1) is 0 Å². The monoisotopic (exact) mass is 401 g/mol. The number of benzene rings is 3. The highest BCUT2D eigenvalue weighted by Gasteiger charge is 2.15. The molecule has 4 rings (SSSR count). The summed E-state index contributed by atoms with van der Waals surface area (Å²) in [6, 6.07) is 23.8. The summed E-state index contributed by atoms with van der Waals surface area (Å²) in [5.74, 6) is 0. The molecule has 1 aromatic heterocycles. The lowest BCUT2D eigenvalue weighted by molar-refractivity contribution is 0.711. The van der Waals surface area contributed by atoms with Gasteiger partial charge in [0.15, 0.2) is 0 Å². The Morgan fingerprint density at radius 2 is 1.45 bits per heavy atom. The number of nitriles is 1. The summed E-state index contributed by atoms with van der Waals surface area (Å²) in [5, 5.41) is 9.82. The fourth-order valence-corrected chi connectivity index (χ4v) is 3.57. The molecule has 0 spiro atoms. The molecule has 0 saturated heterocycles. The lowest BCUT2D eigenvalue weighted by Crippen LogP contribution is -2.42. The van der Waals surface area contributed by atoms with Crippen LogP contribution >= 0.6 is 11.6 Å². The van der Waals surface area contributed by atoms with E-state index in [1.54, 1.807) is 42.5 Å². The van der Waals surface area contributed by atoms with E-state index >= 15 is 0 Å². The van der Waals surface area contributed by atoms with E-state index < -0.39 is 11.1 Å². The van der Waals surface area contributed by atoms with Crippen LogP contribution < -0.4 is 11.1 Å². The van der Waals surface area contributed by atoms with E-state index in [2.05, 4.69) is 6.07 Å². The first-order chi connectivity index (χ1) is 14.1. The standard InChI is InChI=1S/C23H16ClN3O2/c24-19-10-11-20-21(12-19)27(15-18-9-5-4-8-17(18)13-25)23(29)22(28)26(20)14-16-6-2-1-3-7-16/h1-12H,14-15H2. The maximum absolute atomic E-state index is 13.0. The highest BCUT2D eigenvalue weighted by Crippen LogP contribution is 2.20. The van der Waals surface area contributed by atoms with Crippen molar-refractivity contribution in [3.05, 3.63) is 115 Å². The van der Waals surface area contributed by atoms with Gasteiger partial charge in [-0.2, -0.15) is 5.26 Å². The number of hydrogen-bond donors (Lipinski definition) is 0. The average Bonchev–Trinajstić information content (AvgIpc) is 2.75. The molecule has 0 atom stereocenters. The van der Waals surface area contributed by atoms with Crippen LogP contribution in [0, 0.1) is 11.3 Å². The molecule has 0 N–H and O–H groups in total. The van der Waals surface area contributed by atoms with E-state index in [1.807, 2.05) is 30.3 Å². The predicted molar refractivity (Wildman–Crippen MR) is 113 cm³/mol. The molecule has 0 fully saturated rings. The number of hydrogen-bond acceptors (Lipinski definition) is 3. The molecule has 0 unspecified atom stereocenters. The zero-order chi connectivity index (χ0) is 20.4. The van der Waals surface area contributed by atoms with Crippen molar-refractivity contribution in [1.82, 2.24) is 9.13 Å². The number of nitrogens with zero attached hydrogens (tertiary/aromatic N) is 3. The Labute approximate surface area is 171 Å². The van der Waals surface area contributed by atoms with E-state index in [9.17, 15) is 14.9 Å². The van der Waals surface area contributed by atoms with Gasteiger partial charge >= 0.3 is 11.1 Å². The molecule has 5 nitrogen and oxygen atoms in total. The van der Waals surface area contributed by atoms with Crippen LogP contribution in [-0.4, -0.2) is 9.13 Å². The Kier molecular flexibility index (Phi) is 5.03. The molecule has 4 aromatic rings. The molecule has 29 heavy (non-hydrogen) atoms. The molecule has 6 heteroatoms. The first-order valence-electron chi connectivity index (χ1n) is 9.03. The van der Waals surface area contributed by atoms with Crippen molar-refractivity contribution in [3.8, 4) is 6.07 Å². The molecule has 0 aliphatic carbocycles. The van der Waals surface area contributed by atoms with Crippen LogP contribution in [-0.2, 0) is 13.1 Å². The molecule has 0 bridgehead atoms. The minimum atomic E-state index is -0.650. The third-order valence-corrected chi connectivity index (χ3v) is 5.08. The van der Waals surface area contributed by atoms with Gasteiger partial charge < -0.3 is 0 Å². The maximum Gasteiger partial charge on any atom is 0.317 e. The second-order valence-electron chi connectivity index (χ2n) is 6.67. The van der Waals surface area contributed by atoms with Crippen LogP contribution in [0.4, 0.5) is 0 Å². The summed E-state index contributed by atoms with van der Waals surface area (Å²) in [5.41, 5.74) is 1.93. The quantitative estimate of drug-likeness (QED) is 0.488. The maximum atomic E-state index is 13.0. The molecule has 0 radical (unpaired) electrons. The molecule has 0 aliphatic heterocycles. The van der Waals surface area contributed by atoms with Gasteiger partial charge in [-0.25, -0.2) is 0 Å². The fraction of sp³-hybridized carbons (Fsp3) is 0.0870. The Morgan fingerprint density at radius 1 is 0.793 bits per heavy atom. The molecule has 0 amide bonds. The van der Waals surface area contributed by atoms with Crippen LogP contribution in [0.3, 0.4) is 0 Å². The van der Waals surface area contributed by atoms with Crippen molar-refractivity contribution >= 4 is 22.6 Å². The predicted octanol–water partition coefficient (Wildman–Crippen LogP) is 3.78. The van der Waals surface area contributed by atoms with Gasteiger partial charge in [-0.05, 0) is 35.4 Å². The van der Waals surface area contributed by atoms with Crippen LogP contribution in [0.15, 0.2) is 82.4 Å². The zero-order valence-electron chi connectivity index (χ0n) is 15.4. The number of fused-ring (bicyclic) bond motifs is 1. The fourth-order valence-electron chi connectivity index (χ4n) is 3.41. The van der Waals surface area contributed by atoms with Crippen LogP contribution in [0.25, 0.3) is 11.0 Å². The average molecular weight is 402 g/mol. The Morgan fingerprint density at radius 3 is 2.17 bits per heavy atom. The summed E-state index contributed by atoms with van der Waals surface area (Å²) < 4.78 is 2.86. The summed E-state index contributed by atoms with van der Waals surface area (Å²) in [7, 11) is 0. The summed E-state index contributed by atoms with van der Waals surface area (Å²) in [6.45, 7) is 0.392. The van der Waals surface area contributed by atoms with Crippen molar-refractivity contribution in [2.24, 2.45) is 0 Å². The molecule has 3 aromatic carbocycles. The minimum Gasteiger partial charge on any atom is -0.298 e. The van der Waals surface area contributed by atoms with Crippen molar-refractivity contribution in [1.29, 1.82) is 5.26 Å². The van der Waals surface area contributed by atoms with Gasteiger partial charge in [-0.1, -0.05) is 60.1 Å². The van der Waals surface area contributed by atoms with Gasteiger partial charge in [0.25, 0.3) is 0 Å². The highest BCUT2D eigenvalue weighted by molar-refractivity contribution is 6.31. The van der Waals surface area contributed by atoms with Gasteiger partial charge in [0.05, 0.1) is 35.8 Å². The van der Waals surface area contributed by atoms with Crippen molar-refractivity contribution in [3.63, 3.8) is 0 Å². The van der Waals surface area contributed by atoms with E-state index in [4.69, 9.17) is 11.6 Å². The summed E-state index contributed by atoms with van der Waals surface area (Å²) in [4.78, 5) is 26.0. The summed E-state index contributed by atoms with van der Waals surface area (Å²) in [6.07, 6.45) is 0. The topological polar surface area (TPSA) is 67.8 Å². The smallest absolute Gasteiger partial charge is 0.298 e. The van der Waals surface area contributed by atoms with E-state index in [1.165, 1.54) is 9.13 Å². The molecular formula is C23H16ClN3O2. The lowest BCUT2D eigenvalue weighted by Gasteiger charge is -2.16. The lowest BCUT2D eigenvalue weighted by atomic mass is 10.1. The van der Waals surface area contributed by atoms with Crippen LogP contribution in [0.5, 0.6) is 0 Å². The normalized spacial score (nSPS) is 10.8. The van der Waals surface area contributed by atoms with Crippen molar-refractivity contribution < 1.29 is 0 Å². The minimum absolute atomic E-state index is 0.112. The second-order valence-corrected chi connectivity index (χ2v) is 7.11. The SMILES string of the molecule is N#Cc1ccccc1Cn1c(=O)c(=O)n(Cc2ccccc2)c2ccc(Cl)cc21. The van der Waals surface area contributed by atoms with Gasteiger partial charge in [0.2, 0.25) is 0 Å². The van der Waals surface area contributed by atoms with E-state index in [0.717, 1.165) is 5.56 Å². The van der Waals surface area contributed by atoms with Gasteiger partial charge in [0, 0.05) is 5.02 Å². The molecule has 1 heterocycles. The zero-order valence-corrected chi connectivity index (χ0v) is 16.1. The molecule has 142 valence electrons. The van der Waals surface area contributed by atoms with Gasteiger partial charge in [-0.3, -0.25) is 18.7 Å². The van der Waals surface area contributed by atoms with E-state index in [-0.39, 0.29) is 13.1 Å². The third-order valence-electron chi connectivity index (χ3n) is 4.84. The second kappa shape index (κ2) is 7.78. The molecule has 0 saturated carbocycles. The summed E-state index contributed by atoms with van der Waals surface area (Å²) >= 11 is 6.20. The van der Waals surface area contributed by atoms with Crippen LogP contribution in [0.1, 0.15) is 16.7 Å². The van der Waals surface area contributed by atoms with Crippen molar-refractivity contribution in [2.75, 3.05) is 0 Å². The number of aromatic nitrogens is 2. The Balaban J connectivity index is 1.95. The largest absolute Gasteiger partial charge is 0.317 e. The molecular weight excluding hydrogens is 386 g/mol. The van der Waals surface area contributed by atoms with Gasteiger partial charge in [0.1, 0.15) is 0 Å². The van der Waals surface area contributed by atoms with Crippen molar-refractivity contribution in [2.45, 2.75) is 13.1 Å². The molecule has 0 aliphatic rings. The third kappa shape index (κ3) is 3.58. The number of halogens is 1. The number of rotatable bonds is 4. The Hall–Kier alpha value is -3.62. The Bertz CT molecular complexity index is 1370. The first kappa shape index (κ1) is 18.7. The van der Waals surface area contributed by atoms with E-state index in [0.29, 0.717) is 27.2 Å². The highest BCUT2D eigenvalue weighted by atomic mass is 35.5. The first-order valence-corrected chi connectivity index (χ1v) is 9.41.